The zero-order valence-corrected chi connectivity index (χ0v) is 27.0. The molecule has 3 amide bonds. The number of anilines is 2. The minimum absolute atomic E-state index is 0.176. The quantitative estimate of drug-likeness (QED) is 0.233. The lowest BCUT2D eigenvalue weighted by Gasteiger charge is -2.31. The molecule has 3 heterocycles. The lowest BCUT2D eigenvalue weighted by molar-refractivity contribution is -0.137. The second-order valence-electron chi connectivity index (χ2n) is 12.4. The smallest absolute Gasteiger partial charge is 0.324 e. The standard InChI is InChI=1S/C34H30F3N3O4S2/c1-18-9-5-7-11-22(18)38-24(41)17-39-31-28(46-32(39)44)25(19-13-15-20(16-14-19)33(2,3)4)26-27(45-31)30(43)40(29(26)42)23-12-8-6-10-21(23)34(35,36)37/h5-16,25-27H,17H2,1-4H3,(H,38,41)/t25-,26?,27?/m1/s1. The maximum atomic E-state index is 14.1. The predicted octanol–water partition coefficient (Wildman–Crippen LogP) is 6.97. The Kier molecular flexibility index (Phi) is 8.00. The van der Waals surface area contributed by atoms with Crippen LogP contribution in [0.1, 0.15) is 53.8 Å². The van der Waals surface area contributed by atoms with Crippen LogP contribution in [0.3, 0.4) is 0 Å². The maximum absolute atomic E-state index is 14.1. The van der Waals surface area contributed by atoms with Crippen molar-refractivity contribution in [2.45, 2.75) is 62.0 Å². The third-order valence-electron chi connectivity index (χ3n) is 8.36. The molecule has 2 aliphatic rings. The summed E-state index contributed by atoms with van der Waals surface area (Å²) in [4.78, 5) is 55.4. The Bertz CT molecular complexity index is 1930. The topological polar surface area (TPSA) is 88.5 Å². The normalized spacial score (nSPS) is 19.6. The minimum Gasteiger partial charge on any atom is -0.324 e. The van der Waals surface area contributed by atoms with Gasteiger partial charge in [0.2, 0.25) is 17.7 Å². The van der Waals surface area contributed by atoms with Gasteiger partial charge >= 0.3 is 11.0 Å². The number of hydrogen-bond donors (Lipinski definition) is 1. The number of nitrogens with zero attached hydrogens (tertiary/aromatic N) is 2. The van der Waals surface area contributed by atoms with Crippen LogP contribution in [-0.2, 0) is 32.5 Å². The molecule has 46 heavy (non-hydrogen) atoms. The molecule has 0 saturated carbocycles. The van der Waals surface area contributed by atoms with E-state index in [-0.39, 0.29) is 12.0 Å². The Morgan fingerprint density at radius 3 is 2.20 bits per heavy atom. The second-order valence-corrected chi connectivity index (χ2v) is 14.6. The largest absolute Gasteiger partial charge is 0.418 e. The van der Waals surface area contributed by atoms with Crippen LogP contribution in [-0.4, -0.2) is 27.5 Å². The Morgan fingerprint density at radius 1 is 0.891 bits per heavy atom. The lowest BCUT2D eigenvalue weighted by Crippen LogP contribution is -2.33. The number of nitrogens with one attached hydrogen (secondary N) is 1. The average molecular weight is 666 g/mol. The van der Waals surface area contributed by atoms with Crippen molar-refractivity contribution >= 4 is 52.2 Å². The molecule has 3 aromatic carbocycles. The third kappa shape index (κ3) is 5.57. The number of para-hydroxylation sites is 2. The van der Waals surface area contributed by atoms with E-state index >= 15 is 0 Å². The molecule has 3 atom stereocenters. The number of carbonyl (C=O) groups excluding carboxylic acids is 3. The van der Waals surface area contributed by atoms with Crippen molar-refractivity contribution in [3.8, 4) is 0 Å². The number of carbonyl (C=O) groups is 3. The predicted molar refractivity (Wildman–Crippen MR) is 172 cm³/mol. The highest BCUT2D eigenvalue weighted by Crippen LogP contribution is 2.54. The van der Waals surface area contributed by atoms with Crippen LogP contribution in [0, 0.1) is 12.8 Å². The van der Waals surface area contributed by atoms with Crippen LogP contribution in [0.15, 0.2) is 82.6 Å². The molecule has 0 spiro atoms. The van der Waals surface area contributed by atoms with Crippen molar-refractivity contribution in [3.05, 3.63) is 110 Å². The number of thiazole rings is 1. The molecule has 4 aromatic rings. The van der Waals surface area contributed by atoms with E-state index in [1.807, 2.05) is 43.3 Å². The molecule has 7 nitrogen and oxygen atoms in total. The van der Waals surface area contributed by atoms with Gasteiger partial charge in [-0.3, -0.25) is 23.7 Å². The minimum atomic E-state index is -4.80. The second kappa shape index (κ2) is 11.6. The van der Waals surface area contributed by atoms with Crippen LogP contribution in [0.2, 0.25) is 0 Å². The van der Waals surface area contributed by atoms with Gasteiger partial charge in [-0.05, 0) is 47.2 Å². The van der Waals surface area contributed by atoms with Gasteiger partial charge in [-0.15, -0.1) is 0 Å². The molecule has 12 heteroatoms. The summed E-state index contributed by atoms with van der Waals surface area (Å²) in [6.07, 6.45) is -4.80. The van der Waals surface area contributed by atoms with Gasteiger partial charge in [0.1, 0.15) is 11.8 Å². The molecule has 0 bridgehead atoms. The van der Waals surface area contributed by atoms with Crippen molar-refractivity contribution in [3.63, 3.8) is 0 Å². The zero-order chi connectivity index (χ0) is 33.1. The Morgan fingerprint density at radius 2 is 1.54 bits per heavy atom. The number of aryl methyl sites for hydroxylation is 1. The first-order chi connectivity index (χ1) is 21.7. The van der Waals surface area contributed by atoms with Gasteiger partial charge in [0.25, 0.3) is 0 Å². The summed E-state index contributed by atoms with van der Waals surface area (Å²) in [6.45, 7) is 7.65. The van der Waals surface area contributed by atoms with Crippen molar-refractivity contribution in [1.82, 2.24) is 4.57 Å². The number of alkyl halides is 3. The van der Waals surface area contributed by atoms with E-state index in [9.17, 15) is 32.3 Å². The summed E-state index contributed by atoms with van der Waals surface area (Å²) >= 11 is 1.84. The van der Waals surface area contributed by atoms with E-state index in [1.54, 1.807) is 12.1 Å². The van der Waals surface area contributed by atoms with Crippen LogP contribution < -0.4 is 15.1 Å². The van der Waals surface area contributed by atoms with Gasteiger partial charge in [-0.25, -0.2) is 4.90 Å². The van der Waals surface area contributed by atoms with Gasteiger partial charge in [0.15, 0.2) is 0 Å². The fourth-order valence-electron chi connectivity index (χ4n) is 6.00. The first-order valence-corrected chi connectivity index (χ1v) is 16.3. The van der Waals surface area contributed by atoms with Gasteiger partial charge < -0.3 is 5.32 Å². The number of amides is 3. The first kappa shape index (κ1) is 31.8. The molecule has 0 radical (unpaired) electrons. The molecular weight excluding hydrogens is 636 g/mol. The highest BCUT2D eigenvalue weighted by atomic mass is 32.2. The van der Waals surface area contributed by atoms with Gasteiger partial charge in [-0.2, -0.15) is 13.2 Å². The molecule has 2 unspecified atom stereocenters. The summed E-state index contributed by atoms with van der Waals surface area (Å²) in [6, 6.07) is 19.2. The van der Waals surface area contributed by atoms with E-state index in [2.05, 4.69) is 26.1 Å². The number of imide groups is 1. The highest BCUT2D eigenvalue weighted by molar-refractivity contribution is 8.00. The van der Waals surface area contributed by atoms with Crippen molar-refractivity contribution in [1.29, 1.82) is 0 Å². The van der Waals surface area contributed by atoms with Crippen molar-refractivity contribution in [2.75, 3.05) is 10.2 Å². The molecule has 1 aromatic heterocycles. The number of halogens is 3. The van der Waals surface area contributed by atoms with Crippen LogP contribution in [0.5, 0.6) is 0 Å². The van der Waals surface area contributed by atoms with E-state index in [0.29, 0.717) is 26.1 Å². The monoisotopic (exact) mass is 665 g/mol. The summed E-state index contributed by atoms with van der Waals surface area (Å²) in [5.74, 6) is -3.89. The van der Waals surface area contributed by atoms with E-state index in [0.717, 1.165) is 46.4 Å². The molecular formula is C34H30F3N3O4S2. The number of rotatable bonds is 5. The number of hydrogen-bond acceptors (Lipinski definition) is 6. The molecule has 1 fully saturated rings. The number of benzene rings is 3. The highest BCUT2D eigenvalue weighted by Gasteiger charge is 2.57. The summed E-state index contributed by atoms with van der Waals surface area (Å²) in [5, 5.41) is 2.06. The van der Waals surface area contributed by atoms with Gasteiger partial charge in [0.05, 0.1) is 22.2 Å². The maximum Gasteiger partial charge on any atom is 0.418 e. The van der Waals surface area contributed by atoms with Crippen LogP contribution >= 0.6 is 23.1 Å². The molecule has 1 N–H and O–H groups in total. The zero-order valence-electron chi connectivity index (χ0n) is 25.3. The number of fused-ring (bicyclic) bond motifs is 2. The van der Waals surface area contributed by atoms with Gasteiger partial charge in [-0.1, -0.05) is 98.5 Å². The summed E-state index contributed by atoms with van der Waals surface area (Å²) in [7, 11) is 0. The molecule has 2 aliphatic heterocycles. The SMILES string of the molecule is Cc1ccccc1NC(=O)Cn1c2c(sc1=O)[C@H](c1ccc(C(C)(C)C)cc1)C1C(=O)N(c3ccccc3C(F)(F)F)C(=O)C1S2. The van der Waals surface area contributed by atoms with Crippen LogP contribution in [0.4, 0.5) is 24.5 Å². The van der Waals surface area contributed by atoms with E-state index < -0.39 is 57.1 Å². The van der Waals surface area contributed by atoms with Gasteiger partial charge in [0, 0.05) is 16.5 Å². The molecule has 1 saturated heterocycles. The Hall–Kier alpha value is -4.16. The van der Waals surface area contributed by atoms with E-state index in [4.69, 9.17) is 0 Å². The summed E-state index contributed by atoms with van der Waals surface area (Å²) in [5.41, 5.74) is 1.29. The van der Waals surface area contributed by atoms with Crippen molar-refractivity contribution < 1.29 is 27.6 Å². The molecule has 238 valence electrons. The Labute approximate surface area is 271 Å². The molecule has 0 aliphatic carbocycles. The number of thioether (sulfide) groups is 1. The lowest BCUT2D eigenvalue weighted by atomic mass is 9.81. The van der Waals surface area contributed by atoms with Crippen LogP contribution in [0.25, 0.3) is 0 Å². The first-order valence-electron chi connectivity index (χ1n) is 14.6. The average Bonchev–Trinajstić information content (AvgIpc) is 3.43. The summed E-state index contributed by atoms with van der Waals surface area (Å²) < 4.78 is 43.4. The van der Waals surface area contributed by atoms with Crippen molar-refractivity contribution in [2.24, 2.45) is 5.92 Å². The Balaban J connectivity index is 1.45. The fourth-order valence-corrected chi connectivity index (χ4v) is 8.77. The molecule has 6 rings (SSSR count). The third-order valence-corrected chi connectivity index (χ3v) is 11.0. The fraction of sp³-hybridized carbons (Fsp3) is 0.294. The number of aromatic nitrogens is 1. The van der Waals surface area contributed by atoms with E-state index in [1.165, 1.54) is 16.7 Å².